The second-order valence-corrected chi connectivity index (χ2v) is 2.27. The topological polar surface area (TPSA) is 33.1 Å². The summed E-state index contributed by atoms with van der Waals surface area (Å²) in [5, 5.41) is 9.12. The van der Waals surface area contributed by atoms with E-state index in [1.165, 1.54) is 0 Å². The van der Waals surface area contributed by atoms with Crippen molar-refractivity contribution < 1.29 is 5.11 Å². The SMILES string of the molecule is CCc1ccnc(O)c1C. The molecule has 0 spiro atoms. The molecule has 10 heavy (non-hydrogen) atoms. The summed E-state index contributed by atoms with van der Waals surface area (Å²) in [5.41, 5.74) is 2.05. The molecule has 0 saturated heterocycles. The van der Waals surface area contributed by atoms with Gasteiger partial charge >= 0.3 is 0 Å². The Balaban J connectivity index is 3.14. The zero-order valence-electron chi connectivity index (χ0n) is 6.26. The van der Waals surface area contributed by atoms with Crippen molar-refractivity contribution in [1.29, 1.82) is 0 Å². The van der Waals surface area contributed by atoms with Gasteiger partial charge in [-0.15, -0.1) is 0 Å². The first-order chi connectivity index (χ1) is 4.75. The molecule has 0 aromatic carbocycles. The van der Waals surface area contributed by atoms with Crippen LogP contribution in [0.4, 0.5) is 0 Å². The second-order valence-electron chi connectivity index (χ2n) is 2.27. The summed E-state index contributed by atoms with van der Waals surface area (Å²) in [6.07, 6.45) is 2.57. The molecule has 1 aromatic heterocycles. The quantitative estimate of drug-likeness (QED) is 0.638. The van der Waals surface area contributed by atoms with Crippen molar-refractivity contribution in [3.8, 4) is 5.88 Å². The Morgan fingerprint density at radius 2 is 2.30 bits per heavy atom. The lowest BCUT2D eigenvalue weighted by atomic mass is 10.1. The molecular formula is C8H11NO. The van der Waals surface area contributed by atoms with E-state index in [0.29, 0.717) is 0 Å². The van der Waals surface area contributed by atoms with Gasteiger partial charge in [0.05, 0.1) is 0 Å². The Labute approximate surface area is 60.5 Å². The van der Waals surface area contributed by atoms with Crippen LogP contribution in [0.15, 0.2) is 12.3 Å². The Hall–Kier alpha value is -1.05. The molecule has 1 N–H and O–H groups in total. The predicted octanol–water partition coefficient (Wildman–Crippen LogP) is 1.66. The number of hydrogen-bond donors (Lipinski definition) is 1. The van der Waals surface area contributed by atoms with Crippen molar-refractivity contribution in [1.82, 2.24) is 4.98 Å². The van der Waals surface area contributed by atoms with Crippen LogP contribution >= 0.6 is 0 Å². The third-order valence-electron chi connectivity index (χ3n) is 1.67. The third-order valence-corrected chi connectivity index (χ3v) is 1.67. The minimum absolute atomic E-state index is 0.152. The standard InChI is InChI=1S/C8H11NO/c1-3-7-4-5-9-8(10)6(7)2/h4-5H,3H2,1-2H3,(H,9,10). The molecule has 0 fully saturated rings. The van der Waals surface area contributed by atoms with Crippen LogP contribution in [0, 0.1) is 6.92 Å². The van der Waals surface area contributed by atoms with Crippen LogP contribution in [0.2, 0.25) is 0 Å². The first-order valence-corrected chi connectivity index (χ1v) is 3.39. The Kier molecular flexibility index (Phi) is 1.90. The monoisotopic (exact) mass is 137 g/mol. The molecule has 1 aromatic rings. The molecule has 2 heteroatoms. The highest BCUT2D eigenvalue weighted by atomic mass is 16.3. The molecule has 0 amide bonds. The van der Waals surface area contributed by atoms with E-state index in [2.05, 4.69) is 11.9 Å². The highest BCUT2D eigenvalue weighted by Gasteiger charge is 1.99. The molecule has 0 bridgehead atoms. The van der Waals surface area contributed by atoms with Gasteiger partial charge in [0.25, 0.3) is 0 Å². The van der Waals surface area contributed by atoms with E-state index in [9.17, 15) is 0 Å². The fourth-order valence-electron chi connectivity index (χ4n) is 0.946. The molecule has 1 heterocycles. The Bertz CT molecular complexity index is 233. The molecule has 0 radical (unpaired) electrons. The largest absolute Gasteiger partial charge is 0.493 e. The minimum Gasteiger partial charge on any atom is -0.493 e. The van der Waals surface area contributed by atoms with E-state index in [1.54, 1.807) is 6.20 Å². The van der Waals surface area contributed by atoms with Crippen molar-refractivity contribution in [3.63, 3.8) is 0 Å². The van der Waals surface area contributed by atoms with Crippen LogP contribution in [-0.4, -0.2) is 10.1 Å². The number of pyridine rings is 1. The number of hydrogen-bond acceptors (Lipinski definition) is 2. The van der Waals surface area contributed by atoms with Crippen LogP contribution in [0.3, 0.4) is 0 Å². The van der Waals surface area contributed by atoms with E-state index in [1.807, 2.05) is 13.0 Å². The molecular weight excluding hydrogens is 126 g/mol. The number of aryl methyl sites for hydroxylation is 1. The molecule has 0 aliphatic carbocycles. The fourth-order valence-corrected chi connectivity index (χ4v) is 0.946. The number of aromatic hydroxyl groups is 1. The molecule has 0 saturated carbocycles. The summed E-state index contributed by atoms with van der Waals surface area (Å²) < 4.78 is 0. The first kappa shape index (κ1) is 7.06. The maximum absolute atomic E-state index is 9.12. The van der Waals surface area contributed by atoms with Crippen LogP contribution in [-0.2, 0) is 6.42 Å². The molecule has 0 atom stereocenters. The van der Waals surface area contributed by atoms with Crippen molar-refractivity contribution in [2.45, 2.75) is 20.3 Å². The van der Waals surface area contributed by atoms with Crippen LogP contribution in [0.1, 0.15) is 18.1 Å². The molecule has 2 nitrogen and oxygen atoms in total. The molecule has 0 unspecified atom stereocenters. The van der Waals surface area contributed by atoms with E-state index >= 15 is 0 Å². The van der Waals surface area contributed by atoms with Gasteiger partial charge in [-0.25, -0.2) is 4.98 Å². The minimum atomic E-state index is 0.152. The lowest BCUT2D eigenvalue weighted by molar-refractivity contribution is 0.448. The van der Waals surface area contributed by atoms with Crippen LogP contribution < -0.4 is 0 Å². The van der Waals surface area contributed by atoms with Crippen molar-refractivity contribution in [2.24, 2.45) is 0 Å². The Morgan fingerprint density at radius 1 is 1.60 bits per heavy atom. The summed E-state index contributed by atoms with van der Waals surface area (Å²) in [6, 6.07) is 1.93. The molecule has 0 aliphatic heterocycles. The van der Waals surface area contributed by atoms with Gasteiger partial charge in [-0.05, 0) is 25.0 Å². The van der Waals surface area contributed by atoms with Crippen LogP contribution in [0.5, 0.6) is 5.88 Å². The lowest BCUT2D eigenvalue weighted by Crippen LogP contribution is -1.87. The first-order valence-electron chi connectivity index (χ1n) is 3.39. The van der Waals surface area contributed by atoms with Gasteiger partial charge in [0.2, 0.25) is 5.88 Å². The zero-order chi connectivity index (χ0) is 7.56. The van der Waals surface area contributed by atoms with Gasteiger partial charge in [-0.2, -0.15) is 0 Å². The maximum atomic E-state index is 9.12. The normalized spacial score (nSPS) is 9.80. The fraction of sp³-hybridized carbons (Fsp3) is 0.375. The van der Waals surface area contributed by atoms with Crippen molar-refractivity contribution in [3.05, 3.63) is 23.4 Å². The predicted molar refractivity (Wildman–Crippen MR) is 40.0 cm³/mol. The highest BCUT2D eigenvalue weighted by Crippen LogP contribution is 2.15. The van der Waals surface area contributed by atoms with E-state index in [4.69, 9.17) is 5.11 Å². The van der Waals surface area contributed by atoms with Gasteiger partial charge < -0.3 is 5.11 Å². The average Bonchev–Trinajstić information content (AvgIpc) is 1.95. The summed E-state index contributed by atoms with van der Waals surface area (Å²) in [4.78, 5) is 3.74. The van der Waals surface area contributed by atoms with E-state index in [-0.39, 0.29) is 5.88 Å². The van der Waals surface area contributed by atoms with Gasteiger partial charge in [0, 0.05) is 11.8 Å². The van der Waals surface area contributed by atoms with Crippen molar-refractivity contribution >= 4 is 0 Å². The van der Waals surface area contributed by atoms with Gasteiger partial charge in [-0.3, -0.25) is 0 Å². The van der Waals surface area contributed by atoms with E-state index < -0.39 is 0 Å². The number of aromatic nitrogens is 1. The average molecular weight is 137 g/mol. The van der Waals surface area contributed by atoms with E-state index in [0.717, 1.165) is 17.5 Å². The van der Waals surface area contributed by atoms with Gasteiger partial charge in [0.1, 0.15) is 0 Å². The second kappa shape index (κ2) is 2.69. The van der Waals surface area contributed by atoms with Crippen molar-refractivity contribution in [2.75, 3.05) is 0 Å². The molecule has 1 rings (SSSR count). The third kappa shape index (κ3) is 1.10. The summed E-state index contributed by atoms with van der Waals surface area (Å²) in [5.74, 6) is 0.152. The van der Waals surface area contributed by atoms with Gasteiger partial charge in [0.15, 0.2) is 0 Å². The van der Waals surface area contributed by atoms with Crippen LogP contribution in [0.25, 0.3) is 0 Å². The number of rotatable bonds is 1. The molecule has 54 valence electrons. The smallest absolute Gasteiger partial charge is 0.213 e. The Morgan fingerprint density at radius 3 is 2.80 bits per heavy atom. The number of nitrogens with zero attached hydrogens (tertiary/aromatic N) is 1. The van der Waals surface area contributed by atoms with Gasteiger partial charge in [-0.1, -0.05) is 6.92 Å². The summed E-state index contributed by atoms with van der Waals surface area (Å²) in [7, 11) is 0. The summed E-state index contributed by atoms with van der Waals surface area (Å²) >= 11 is 0. The molecule has 0 aliphatic rings. The highest BCUT2D eigenvalue weighted by molar-refractivity contribution is 5.31. The summed E-state index contributed by atoms with van der Waals surface area (Å²) in [6.45, 7) is 3.93. The maximum Gasteiger partial charge on any atom is 0.213 e. The lowest BCUT2D eigenvalue weighted by Gasteiger charge is -2.01. The zero-order valence-corrected chi connectivity index (χ0v) is 6.26.